The molecule has 3 N–H and O–H groups in total. The van der Waals surface area contributed by atoms with Crippen LogP contribution >= 0.6 is 0 Å². The molecule has 0 amide bonds. The number of alkyl halides is 2. The van der Waals surface area contributed by atoms with Gasteiger partial charge in [-0.25, -0.2) is 4.79 Å². The molecule has 11 unspecified atom stereocenters. The number of carbonyl (C=O) groups excluding carboxylic acids is 1. The number of fused-ring (bicyclic) bond motifs is 9. The first-order chi connectivity index (χ1) is 12.8. The van der Waals surface area contributed by atoms with E-state index in [0.29, 0.717) is 17.8 Å². The standard InChI is InChI=1S/C20H28F2O5/c21-20(22,18(25)17(24)13-6-14(13)23)19(26)27-7-11-4-10-5-12(11)16-9-2-1-8(3-9)15(10)16/h8-18,23-25H,1-7H2. The number of hydrogen-bond acceptors (Lipinski definition) is 5. The maximum Gasteiger partial charge on any atom is 0.380 e. The summed E-state index contributed by atoms with van der Waals surface area (Å²) in [6.07, 6.45) is 0.915. The molecule has 5 aliphatic rings. The molecule has 5 rings (SSSR count). The van der Waals surface area contributed by atoms with Gasteiger partial charge in [0.25, 0.3) is 0 Å². The van der Waals surface area contributed by atoms with Crippen LogP contribution in [-0.2, 0) is 9.53 Å². The van der Waals surface area contributed by atoms with Crippen LogP contribution in [0.2, 0.25) is 0 Å². The molecule has 0 saturated heterocycles. The lowest BCUT2D eigenvalue weighted by molar-refractivity contribution is -0.203. The van der Waals surface area contributed by atoms with Gasteiger partial charge in [-0.2, -0.15) is 8.78 Å². The third-order valence-electron chi connectivity index (χ3n) is 8.51. The van der Waals surface area contributed by atoms with Crippen molar-refractivity contribution in [3.63, 3.8) is 0 Å². The van der Waals surface area contributed by atoms with Crippen molar-refractivity contribution in [1.29, 1.82) is 0 Å². The molecule has 0 aromatic heterocycles. The van der Waals surface area contributed by atoms with Gasteiger partial charge < -0.3 is 20.1 Å². The van der Waals surface area contributed by atoms with Crippen LogP contribution in [0.4, 0.5) is 8.78 Å². The number of aliphatic hydroxyl groups excluding tert-OH is 3. The summed E-state index contributed by atoms with van der Waals surface area (Å²) in [7, 11) is 0. The van der Waals surface area contributed by atoms with E-state index in [1.807, 2.05) is 0 Å². The first-order valence-electron chi connectivity index (χ1n) is 10.4. The smallest absolute Gasteiger partial charge is 0.380 e. The lowest BCUT2D eigenvalue weighted by Gasteiger charge is -2.38. The van der Waals surface area contributed by atoms with Crippen LogP contribution < -0.4 is 0 Å². The SMILES string of the molecule is O=C(OCC1CC2CC1C1C3CCC(C3)C21)C(F)(F)C(O)C(O)C1CC1O. The van der Waals surface area contributed by atoms with Crippen molar-refractivity contribution in [2.24, 2.45) is 47.3 Å². The van der Waals surface area contributed by atoms with Crippen LogP contribution in [0.1, 0.15) is 38.5 Å². The molecule has 4 bridgehead atoms. The highest BCUT2D eigenvalue weighted by molar-refractivity contribution is 5.78. The third-order valence-corrected chi connectivity index (χ3v) is 8.51. The molecule has 0 aromatic carbocycles. The molecule has 152 valence electrons. The molecule has 5 saturated carbocycles. The number of esters is 1. The highest BCUT2D eigenvalue weighted by Crippen LogP contribution is 2.68. The van der Waals surface area contributed by atoms with Gasteiger partial charge in [0.1, 0.15) is 0 Å². The van der Waals surface area contributed by atoms with Gasteiger partial charge in [0, 0.05) is 5.92 Å². The normalized spacial score (nSPS) is 49.1. The molecule has 5 aliphatic carbocycles. The molecule has 5 nitrogen and oxygen atoms in total. The monoisotopic (exact) mass is 386 g/mol. The van der Waals surface area contributed by atoms with E-state index < -0.39 is 36.1 Å². The van der Waals surface area contributed by atoms with Gasteiger partial charge in [-0.1, -0.05) is 0 Å². The van der Waals surface area contributed by atoms with E-state index in [4.69, 9.17) is 4.74 Å². The highest BCUT2D eigenvalue weighted by Gasteiger charge is 2.62. The van der Waals surface area contributed by atoms with Crippen LogP contribution in [0.15, 0.2) is 0 Å². The number of ether oxygens (including phenoxy) is 1. The predicted molar refractivity (Wildman–Crippen MR) is 89.5 cm³/mol. The minimum atomic E-state index is -4.17. The fourth-order valence-electron chi connectivity index (χ4n) is 7.31. The zero-order valence-electron chi connectivity index (χ0n) is 15.2. The van der Waals surface area contributed by atoms with Crippen LogP contribution in [-0.4, -0.2) is 52.1 Å². The quantitative estimate of drug-likeness (QED) is 0.477. The van der Waals surface area contributed by atoms with Gasteiger partial charge >= 0.3 is 11.9 Å². The maximum absolute atomic E-state index is 14.2. The van der Waals surface area contributed by atoms with Crippen molar-refractivity contribution in [3.05, 3.63) is 0 Å². The van der Waals surface area contributed by atoms with E-state index in [2.05, 4.69) is 0 Å². The van der Waals surface area contributed by atoms with E-state index in [1.165, 1.54) is 19.3 Å². The lowest BCUT2D eigenvalue weighted by atomic mass is 9.68. The minimum Gasteiger partial charge on any atom is -0.461 e. The van der Waals surface area contributed by atoms with E-state index >= 15 is 0 Å². The molecule has 0 aliphatic heterocycles. The summed E-state index contributed by atoms with van der Waals surface area (Å²) in [5.74, 6) is -2.34. The second kappa shape index (κ2) is 6.10. The summed E-state index contributed by atoms with van der Waals surface area (Å²) >= 11 is 0. The highest BCUT2D eigenvalue weighted by atomic mass is 19.3. The fourth-order valence-corrected chi connectivity index (χ4v) is 7.31. The van der Waals surface area contributed by atoms with Gasteiger partial charge in [0.2, 0.25) is 0 Å². The van der Waals surface area contributed by atoms with Gasteiger partial charge in [-0.05, 0) is 80.0 Å². The van der Waals surface area contributed by atoms with Gasteiger partial charge in [-0.3, -0.25) is 0 Å². The Balaban J connectivity index is 1.18. The van der Waals surface area contributed by atoms with Crippen LogP contribution in [0.3, 0.4) is 0 Å². The number of halogens is 2. The molecule has 0 aromatic rings. The Hall–Kier alpha value is -0.790. The number of carbonyl (C=O) groups is 1. The Labute approximate surface area is 157 Å². The van der Waals surface area contributed by atoms with Gasteiger partial charge in [0.05, 0.1) is 18.8 Å². The first kappa shape index (κ1) is 18.3. The summed E-state index contributed by atoms with van der Waals surface area (Å²) in [5.41, 5.74) is 0. The second-order valence-electron chi connectivity index (χ2n) is 9.77. The number of rotatable bonds is 6. The van der Waals surface area contributed by atoms with E-state index in [0.717, 1.165) is 30.6 Å². The van der Waals surface area contributed by atoms with Crippen molar-refractivity contribution in [3.8, 4) is 0 Å². The largest absolute Gasteiger partial charge is 0.461 e. The van der Waals surface area contributed by atoms with Crippen LogP contribution in [0.5, 0.6) is 0 Å². The second-order valence-corrected chi connectivity index (χ2v) is 9.77. The minimum absolute atomic E-state index is 0.0228. The molecule has 11 atom stereocenters. The maximum atomic E-state index is 14.2. The molecular formula is C20H28F2O5. The van der Waals surface area contributed by atoms with Crippen molar-refractivity contribution in [2.45, 2.75) is 62.8 Å². The Morgan fingerprint density at radius 2 is 1.70 bits per heavy atom. The van der Waals surface area contributed by atoms with Crippen molar-refractivity contribution < 1.29 is 33.6 Å². The molecule has 0 heterocycles. The first-order valence-corrected chi connectivity index (χ1v) is 10.4. The average molecular weight is 386 g/mol. The summed E-state index contributed by atoms with van der Waals surface area (Å²) in [6.45, 7) is -0.0228. The summed E-state index contributed by atoms with van der Waals surface area (Å²) < 4.78 is 33.4. The van der Waals surface area contributed by atoms with Crippen LogP contribution in [0, 0.1) is 47.3 Å². The fraction of sp³-hybridized carbons (Fsp3) is 0.950. The molecule has 0 radical (unpaired) electrons. The average Bonchev–Trinajstić information content (AvgIpc) is 3.12. The summed E-state index contributed by atoms with van der Waals surface area (Å²) in [5, 5.41) is 28.7. The molecular weight excluding hydrogens is 358 g/mol. The Morgan fingerprint density at radius 1 is 1.04 bits per heavy atom. The van der Waals surface area contributed by atoms with Crippen LogP contribution in [0.25, 0.3) is 0 Å². The lowest BCUT2D eigenvalue weighted by Crippen LogP contribution is -2.50. The number of hydrogen-bond donors (Lipinski definition) is 3. The predicted octanol–water partition coefficient (Wildman–Crippen LogP) is 1.59. The Bertz CT molecular complexity index is 627. The van der Waals surface area contributed by atoms with Gasteiger partial charge in [-0.15, -0.1) is 0 Å². The summed E-state index contributed by atoms with van der Waals surface area (Å²) in [4.78, 5) is 11.9. The molecule has 0 spiro atoms. The summed E-state index contributed by atoms with van der Waals surface area (Å²) in [6, 6.07) is 0. The van der Waals surface area contributed by atoms with Crippen molar-refractivity contribution >= 4 is 5.97 Å². The topological polar surface area (TPSA) is 87.0 Å². The van der Waals surface area contributed by atoms with Crippen molar-refractivity contribution in [1.82, 2.24) is 0 Å². The Morgan fingerprint density at radius 3 is 2.37 bits per heavy atom. The number of aliphatic hydroxyl groups is 3. The Kier molecular flexibility index (Phi) is 4.12. The van der Waals surface area contributed by atoms with E-state index in [-0.39, 0.29) is 18.9 Å². The third kappa shape index (κ3) is 2.68. The van der Waals surface area contributed by atoms with Crippen molar-refractivity contribution in [2.75, 3.05) is 6.61 Å². The van der Waals surface area contributed by atoms with E-state index in [9.17, 15) is 28.9 Å². The van der Waals surface area contributed by atoms with E-state index in [1.54, 1.807) is 0 Å². The van der Waals surface area contributed by atoms with Gasteiger partial charge in [0.15, 0.2) is 6.10 Å². The zero-order chi connectivity index (χ0) is 19.1. The zero-order valence-corrected chi connectivity index (χ0v) is 15.2. The molecule has 5 fully saturated rings. The molecule has 7 heteroatoms. The molecule has 27 heavy (non-hydrogen) atoms.